The molecule has 0 unspecified atom stereocenters. The second kappa shape index (κ2) is 7.26. The second-order valence-electron chi connectivity index (χ2n) is 7.37. The molecule has 1 saturated heterocycles. The number of methoxy groups -OCH3 is 1. The van der Waals surface area contributed by atoms with Crippen molar-refractivity contribution in [2.45, 2.75) is 25.3 Å². The van der Waals surface area contributed by atoms with E-state index < -0.39 is 6.09 Å². The van der Waals surface area contributed by atoms with Crippen LogP contribution in [-0.2, 0) is 6.42 Å². The van der Waals surface area contributed by atoms with Crippen molar-refractivity contribution < 1.29 is 19.0 Å². The zero-order valence-electron chi connectivity index (χ0n) is 15.2. The molecule has 8 heteroatoms. The highest BCUT2D eigenvalue weighted by atomic mass is 19.1. The first-order valence-corrected chi connectivity index (χ1v) is 9.25. The van der Waals surface area contributed by atoms with Crippen LogP contribution < -0.4 is 10.1 Å². The molecule has 2 aromatic heterocycles. The number of amides is 1. The van der Waals surface area contributed by atoms with Gasteiger partial charge >= 0.3 is 6.09 Å². The van der Waals surface area contributed by atoms with E-state index in [2.05, 4.69) is 20.2 Å². The Morgan fingerprint density at radius 1 is 1.41 bits per heavy atom. The lowest BCUT2D eigenvalue weighted by molar-refractivity contribution is 0.185. The molecule has 0 aromatic carbocycles. The first-order chi connectivity index (χ1) is 13.0. The zero-order chi connectivity index (χ0) is 19.0. The Morgan fingerprint density at radius 2 is 2.26 bits per heavy atom. The molecule has 3 atom stereocenters. The standard InChI is InChI=1S/C19H23FN4O3/c1-27-17-5-4-16-18(23-17)12(14(20)8-21-16)6-7-24-9-11-2-3-15(13(11)10-24)22-19(25)26/h4-5,8,11,13,15,22H,2-3,6-7,9-10H2,1H3,(H,25,26)/t11-,13+,15-/m1/s1. The van der Waals surface area contributed by atoms with Crippen LogP contribution in [0.25, 0.3) is 11.0 Å². The average molecular weight is 374 g/mol. The van der Waals surface area contributed by atoms with Gasteiger partial charge in [0.1, 0.15) is 5.82 Å². The number of halogens is 1. The van der Waals surface area contributed by atoms with Crippen molar-refractivity contribution >= 4 is 17.1 Å². The van der Waals surface area contributed by atoms with Crippen molar-refractivity contribution in [3.63, 3.8) is 0 Å². The molecule has 4 rings (SSSR count). The number of carboxylic acid groups (broad SMARTS) is 1. The maximum Gasteiger partial charge on any atom is 0.404 e. The van der Waals surface area contributed by atoms with E-state index in [1.807, 2.05) is 0 Å². The monoisotopic (exact) mass is 374 g/mol. The summed E-state index contributed by atoms with van der Waals surface area (Å²) in [5, 5.41) is 11.6. The fraction of sp³-hybridized carbons (Fsp3) is 0.526. The fourth-order valence-corrected chi connectivity index (χ4v) is 4.58. The predicted molar refractivity (Wildman–Crippen MR) is 97.4 cm³/mol. The van der Waals surface area contributed by atoms with Crippen LogP contribution in [-0.4, -0.2) is 58.9 Å². The van der Waals surface area contributed by atoms with Crippen LogP contribution in [0.1, 0.15) is 18.4 Å². The number of likely N-dealkylation sites (tertiary alicyclic amines) is 1. The number of fused-ring (bicyclic) bond motifs is 2. The van der Waals surface area contributed by atoms with E-state index in [4.69, 9.17) is 9.84 Å². The highest BCUT2D eigenvalue weighted by Gasteiger charge is 2.42. The summed E-state index contributed by atoms with van der Waals surface area (Å²) >= 11 is 0. The van der Waals surface area contributed by atoms with E-state index in [-0.39, 0.29) is 11.9 Å². The van der Waals surface area contributed by atoms with Crippen LogP contribution in [0, 0.1) is 17.7 Å². The van der Waals surface area contributed by atoms with Gasteiger partial charge in [-0.2, -0.15) is 0 Å². The largest absolute Gasteiger partial charge is 0.481 e. The van der Waals surface area contributed by atoms with E-state index in [1.165, 1.54) is 13.3 Å². The van der Waals surface area contributed by atoms with Gasteiger partial charge in [0, 0.05) is 37.3 Å². The molecule has 0 bridgehead atoms. The van der Waals surface area contributed by atoms with Crippen LogP contribution in [0.2, 0.25) is 0 Å². The van der Waals surface area contributed by atoms with E-state index in [9.17, 15) is 9.18 Å². The summed E-state index contributed by atoms with van der Waals surface area (Å²) in [5.74, 6) is 0.944. The number of ether oxygens (including phenoxy) is 1. The number of hydrogen-bond acceptors (Lipinski definition) is 5. The number of aromatic nitrogens is 2. The smallest absolute Gasteiger partial charge is 0.404 e. The second-order valence-corrected chi connectivity index (χ2v) is 7.37. The van der Waals surface area contributed by atoms with Gasteiger partial charge in [-0.25, -0.2) is 14.2 Å². The molecule has 27 heavy (non-hydrogen) atoms. The number of nitrogens with zero attached hydrogens (tertiary/aromatic N) is 3. The summed E-state index contributed by atoms with van der Waals surface area (Å²) in [4.78, 5) is 21.8. The minimum atomic E-state index is -0.954. The van der Waals surface area contributed by atoms with Gasteiger partial charge in [0.05, 0.1) is 24.3 Å². The molecule has 1 aliphatic heterocycles. The Bertz CT molecular complexity index is 862. The molecular weight excluding hydrogens is 351 g/mol. The van der Waals surface area contributed by atoms with Gasteiger partial charge in [-0.05, 0) is 37.2 Å². The van der Waals surface area contributed by atoms with Crippen LogP contribution in [0.5, 0.6) is 5.88 Å². The SMILES string of the molecule is COc1ccc2ncc(F)c(CCN3C[C@H]4CC[C@@H](NC(=O)O)[C@H]4C3)c2n1. The topological polar surface area (TPSA) is 87.6 Å². The van der Waals surface area contributed by atoms with Gasteiger partial charge in [-0.15, -0.1) is 0 Å². The third-order valence-electron chi connectivity index (χ3n) is 5.87. The minimum Gasteiger partial charge on any atom is -0.481 e. The summed E-state index contributed by atoms with van der Waals surface area (Å²) in [6.07, 6.45) is 2.77. The van der Waals surface area contributed by atoms with Gasteiger partial charge < -0.3 is 20.1 Å². The number of carbonyl (C=O) groups is 1. The third-order valence-corrected chi connectivity index (χ3v) is 5.87. The fourth-order valence-electron chi connectivity index (χ4n) is 4.58. The summed E-state index contributed by atoms with van der Waals surface area (Å²) in [5.41, 5.74) is 1.74. The maximum absolute atomic E-state index is 14.4. The summed E-state index contributed by atoms with van der Waals surface area (Å²) in [6, 6.07) is 3.53. The van der Waals surface area contributed by atoms with E-state index in [1.54, 1.807) is 12.1 Å². The average Bonchev–Trinajstić information content (AvgIpc) is 3.21. The first-order valence-electron chi connectivity index (χ1n) is 9.25. The predicted octanol–water partition coefficient (Wildman–Crippen LogP) is 2.30. The third kappa shape index (κ3) is 3.53. The molecule has 2 N–H and O–H groups in total. The lowest BCUT2D eigenvalue weighted by Gasteiger charge is -2.20. The Morgan fingerprint density at radius 3 is 3.04 bits per heavy atom. The van der Waals surface area contributed by atoms with Crippen molar-refractivity contribution in [1.82, 2.24) is 20.2 Å². The molecule has 7 nitrogen and oxygen atoms in total. The number of nitrogens with one attached hydrogen (secondary N) is 1. The number of hydrogen-bond donors (Lipinski definition) is 2. The zero-order valence-corrected chi connectivity index (χ0v) is 15.2. The lowest BCUT2D eigenvalue weighted by atomic mass is 9.98. The molecule has 2 aromatic rings. The Kier molecular flexibility index (Phi) is 4.82. The number of rotatable bonds is 5. The van der Waals surface area contributed by atoms with Gasteiger partial charge in [0.15, 0.2) is 0 Å². The Hall–Kier alpha value is -2.48. The summed E-state index contributed by atoms with van der Waals surface area (Å²) < 4.78 is 19.6. The first kappa shape index (κ1) is 17.9. The van der Waals surface area contributed by atoms with Crippen molar-refractivity contribution in [3.05, 3.63) is 29.7 Å². The normalized spacial score (nSPS) is 24.9. The summed E-state index contributed by atoms with van der Waals surface area (Å²) in [6.45, 7) is 2.49. The van der Waals surface area contributed by atoms with Crippen molar-refractivity contribution in [1.29, 1.82) is 0 Å². The van der Waals surface area contributed by atoms with Crippen LogP contribution in [0.15, 0.2) is 18.3 Å². The van der Waals surface area contributed by atoms with Crippen molar-refractivity contribution in [2.75, 3.05) is 26.7 Å². The molecule has 1 saturated carbocycles. The highest BCUT2D eigenvalue weighted by molar-refractivity contribution is 5.78. The van der Waals surface area contributed by atoms with Crippen LogP contribution in [0.4, 0.5) is 9.18 Å². The molecular formula is C19H23FN4O3. The molecule has 3 heterocycles. The lowest BCUT2D eigenvalue weighted by Crippen LogP contribution is -2.39. The quantitative estimate of drug-likeness (QED) is 0.835. The molecule has 0 spiro atoms. The molecule has 1 amide bonds. The van der Waals surface area contributed by atoms with Gasteiger partial charge in [0.2, 0.25) is 5.88 Å². The van der Waals surface area contributed by atoms with Gasteiger partial charge in [0.25, 0.3) is 0 Å². The van der Waals surface area contributed by atoms with E-state index in [0.717, 1.165) is 25.9 Å². The molecule has 144 valence electrons. The van der Waals surface area contributed by atoms with E-state index in [0.29, 0.717) is 47.3 Å². The van der Waals surface area contributed by atoms with Crippen molar-refractivity contribution in [2.24, 2.45) is 11.8 Å². The molecule has 2 aliphatic rings. The van der Waals surface area contributed by atoms with Crippen LogP contribution in [0.3, 0.4) is 0 Å². The summed E-state index contributed by atoms with van der Waals surface area (Å²) in [7, 11) is 1.53. The molecule has 0 radical (unpaired) electrons. The van der Waals surface area contributed by atoms with Gasteiger partial charge in [-0.1, -0.05) is 0 Å². The molecule has 2 fully saturated rings. The van der Waals surface area contributed by atoms with Gasteiger partial charge in [-0.3, -0.25) is 4.98 Å². The van der Waals surface area contributed by atoms with E-state index >= 15 is 0 Å². The Balaban J connectivity index is 1.47. The minimum absolute atomic E-state index is 0.0296. The maximum atomic E-state index is 14.4. The highest BCUT2D eigenvalue weighted by Crippen LogP contribution is 2.38. The molecule has 1 aliphatic carbocycles. The van der Waals surface area contributed by atoms with Crippen LogP contribution >= 0.6 is 0 Å². The Labute approximate surface area is 156 Å². The number of pyridine rings is 2. The van der Waals surface area contributed by atoms with Crippen molar-refractivity contribution in [3.8, 4) is 5.88 Å².